The van der Waals surface area contributed by atoms with Crippen molar-refractivity contribution in [1.82, 2.24) is 5.32 Å². The summed E-state index contributed by atoms with van der Waals surface area (Å²) in [7, 11) is 4.66. The third-order valence-corrected chi connectivity index (χ3v) is 5.21. The molecule has 0 radical (unpaired) electrons. The average molecular weight is 442 g/mol. The summed E-state index contributed by atoms with van der Waals surface area (Å²) in [5, 5.41) is 3.10. The van der Waals surface area contributed by atoms with Gasteiger partial charge in [-0.3, -0.25) is 4.79 Å². The minimum Gasteiger partial charge on any atom is -0.493 e. The molecule has 3 rings (SSSR count). The van der Waals surface area contributed by atoms with E-state index in [0.29, 0.717) is 36.2 Å². The van der Waals surface area contributed by atoms with Crippen LogP contribution in [0.4, 0.5) is 0 Å². The molecule has 32 heavy (non-hydrogen) atoms. The molecule has 7 nitrogen and oxygen atoms in total. The summed E-state index contributed by atoms with van der Waals surface area (Å²) >= 11 is 0. The molecule has 1 atom stereocenters. The van der Waals surface area contributed by atoms with Crippen molar-refractivity contribution in [2.24, 2.45) is 5.92 Å². The van der Waals surface area contributed by atoms with E-state index in [0.717, 1.165) is 23.3 Å². The summed E-state index contributed by atoms with van der Waals surface area (Å²) in [5.41, 5.74) is 1.73. The van der Waals surface area contributed by atoms with E-state index in [2.05, 4.69) is 19.2 Å². The van der Waals surface area contributed by atoms with E-state index in [9.17, 15) is 4.79 Å². The fraction of sp³-hybridized carbons (Fsp3) is 0.400. The highest BCUT2D eigenvalue weighted by Gasteiger charge is 2.20. The number of nitrogens with one attached hydrogen (secondary N) is 1. The van der Waals surface area contributed by atoms with Gasteiger partial charge in [0.15, 0.2) is 23.0 Å². The molecule has 1 unspecified atom stereocenters. The third kappa shape index (κ3) is 5.46. The molecular formula is C25H31NO6. The standard InChI is InChI=1S/C25H31NO6/c1-16(2)24(18-8-9-19-20(15-18)32-12-6-11-31-19)26-23(27)10-7-17-13-21(28-3)25(30-5)22(14-17)29-4/h7-10,13-16,24H,6,11-12H2,1-5H3,(H,26,27)/b10-7+. The van der Waals surface area contributed by atoms with Crippen molar-refractivity contribution < 1.29 is 28.5 Å². The van der Waals surface area contributed by atoms with E-state index in [4.69, 9.17) is 23.7 Å². The summed E-state index contributed by atoms with van der Waals surface area (Å²) in [6, 6.07) is 9.23. The van der Waals surface area contributed by atoms with Crippen LogP contribution in [0, 0.1) is 5.92 Å². The highest BCUT2D eigenvalue weighted by molar-refractivity contribution is 5.92. The van der Waals surface area contributed by atoms with Gasteiger partial charge in [-0.2, -0.15) is 0 Å². The first-order valence-corrected chi connectivity index (χ1v) is 10.6. The van der Waals surface area contributed by atoms with Crippen molar-refractivity contribution in [3.63, 3.8) is 0 Å². The number of carbonyl (C=O) groups is 1. The molecule has 1 amide bonds. The molecule has 0 fully saturated rings. The number of amides is 1. The molecule has 0 saturated heterocycles. The molecule has 2 aromatic carbocycles. The van der Waals surface area contributed by atoms with E-state index in [1.807, 2.05) is 18.2 Å². The second-order valence-electron chi connectivity index (χ2n) is 7.78. The number of rotatable bonds is 8. The molecule has 1 N–H and O–H groups in total. The summed E-state index contributed by atoms with van der Waals surface area (Å²) in [4.78, 5) is 12.7. The smallest absolute Gasteiger partial charge is 0.244 e. The van der Waals surface area contributed by atoms with Gasteiger partial charge in [0.05, 0.1) is 40.6 Å². The third-order valence-electron chi connectivity index (χ3n) is 5.21. The molecule has 2 aromatic rings. The summed E-state index contributed by atoms with van der Waals surface area (Å²) in [5.74, 6) is 2.99. The molecule has 0 saturated carbocycles. The fourth-order valence-corrected chi connectivity index (χ4v) is 3.58. The summed E-state index contributed by atoms with van der Waals surface area (Å²) in [6.07, 6.45) is 4.06. The molecule has 1 heterocycles. The second kappa shape index (κ2) is 10.8. The van der Waals surface area contributed by atoms with Gasteiger partial charge in [-0.25, -0.2) is 0 Å². The predicted molar refractivity (Wildman–Crippen MR) is 123 cm³/mol. The van der Waals surface area contributed by atoms with Crippen molar-refractivity contribution in [3.8, 4) is 28.7 Å². The molecule has 1 aliphatic heterocycles. The van der Waals surface area contributed by atoms with Crippen LogP contribution < -0.4 is 29.0 Å². The number of fused-ring (bicyclic) bond motifs is 1. The number of benzene rings is 2. The second-order valence-corrected chi connectivity index (χ2v) is 7.78. The maximum atomic E-state index is 12.7. The summed E-state index contributed by atoms with van der Waals surface area (Å²) < 4.78 is 27.6. The predicted octanol–water partition coefficient (Wildman–Crippen LogP) is 4.40. The van der Waals surface area contributed by atoms with Crippen LogP contribution in [-0.2, 0) is 4.79 Å². The first kappa shape index (κ1) is 23.3. The van der Waals surface area contributed by atoms with Gasteiger partial charge in [-0.05, 0) is 47.4 Å². The lowest BCUT2D eigenvalue weighted by atomic mass is 9.95. The highest BCUT2D eigenvalue weighted by atomic mass is 16.5. The normalized spacial score (nSPS) is 14.1. The Bertz CT molecular complexity index is 944. The minimum atomic E-state index is -0.204. The molecule has 0 bridgehead atoms. The molecular weight excluding hydrogens is 410 g/mol. The largest absolute Gasteiger partial charge is 0.493 e. The first-order valence-electron chi connectivity index (χ1n) is 10.6. The number of carbonyl (C=O) groups excluding carboxylic acids is 1. The molecule has 7 heteroatoms. The van der Waals surface area contributed by atoms with Crippen LogP contribution in [0.15, 0.2) is 36.4 Å². The Morgan fingerprint density at radius 3 is 2.22 bits per heavy atom. The van der Waals surface area contributed by atoms with Gasteiger partial charge in [-0.1, -0.05) is 19.9 Å². The number of ether oxygens (including phenoxy) is 5. The molecule has 0 aromatic heterocycles. The van der Waals surface area contributed by atoms with Crippen LogP contribution in [0.25, 0.3) is 6.08 Å². The van der Waals surface area contributed by atoms with Gasteiger partial charge in [0.2, 0.25) is 11.7 Å². The Morgan fingerprint density at radius 1 is 0.969 bits per heavy atom. The van der Waals surface area contributed by atoms with Crippen LogP contribution in [0.5, 0.6) is 28.7 Å². The number of hydrogen-bond donors (Lipinski definition) is 1. The van der Waals surface area contributed by atoms with Crippen molar-refractivity contribution >= 4 is 12.0 Å². The van der Waals surface area contributed by atoms with Crippen molar-refractivity contribution in [2.45, 2.75) is 26.3 Å². The van der Waals surface area contributed by atoms with Crippen molar-refractivity contribution in [1.29, 1.82) is 0 Å². The fourth-order valence-electron chi connectivity index (χ4n) is 3.58. The first-order chi connectivity index (χ1) is 15.5. The lowest BCUT2D eigenvalue weighted by Crippen LogP contribution is -2.30. The van der Waals surface area contributed by atoms with Crippen molar-refractivity contribution in [3.05, 3.63) is 47.5 Å². The Labute approximate surface area is 189 Å². The quantitative estimate of drug-likeness (QED) is 0.612. The van der Waals surface area contributed by atoms with Crippen LogP contribution in [-0.4, -0.2) is 40.5 Å². The monoisotopic (exact) mass is 441 g/mol. The van der Waals surface area contributed by atoms with Gasteiger partial charge < -0.3 is 29.0 Å². The molecule has 172 valence electrons. The van der Waals surface area contributed by atoms with Gasteiger partial charge >= 0.3 is 0 Å². The zero-order valence-corrected chi connectivity index (χ0v) is 19.3. The van der Waals surface area contributed by atoms with Gasteiger partial charge in [0.1, 0.15) is 0 Å². The van der Waals surface area contributed by atoms with E-state index in [1.165, 1.54) is 6.08 Å². The van der Waals surface area contributed by atoms with E-state index >= 15 is 0 Å². The van der Waals surface area contributed by atoms with Gasteiger partial charge in [0, 0.05) is 12.5 Å². The Kier molecular flexibility index (Phi) is 7.87. The van der Waals surface area contributed by atoms with Crippen LogP contribution in [0.1, 0.15) is 37.4 Å². The SMILES string of the molecule is COc1cc(/C=C/C(=O)NC(c2ccc3c(c2)OCCCO3)C(C)C)cc(OC)c1OC. The Balaban J connectivity index is 1.77. The number of hydrogen-bond acceptors (Lipinski definition) is 6. The van der Waals surface area contributed by atoms with Crippen LogP contribution >= 0.6 is 0 Å². The topological polar surface area (TPSA) is 75.3 Å². The Morgan fingerprint density at radius 2 is 1.62 bits per heavy atom. The van der Waals surface area contributed by atoms with Crippen molar-refractivity contribution in [2.75, 3.05) is 34.5 Å². The molecule has 0 aliphatic carbocycles. The maximum Gasteiger partial charge on any atom is 0.244 e. The van der Waals surface area contributed by atoms with Crippen LogP contribution in [0.2, 0.25) is 0 Å². The van der Waals surface area contributed by atoms with E-state index in [-0.39, 0.29) is 17.9 Å². The maximum absolute atomic E-state index is 12.7. The lowest BCUT2D eigenvalue weighted by Gasteiger charge is -2.23. The van der Waals surface area contributed by atoms with E-state index in [1.54, 1.807) is 39.5 Å². The highest BCUT2D eigenvalue weighted by Crippen LogP contribution is 2.38. The number of methoxy groups -OCH3 is 3. The molecule has 1 aliphatic rings. The summed E-state index contributed by atoms with van der Waals surface area (Å²) in [6.45, 7) is 5.39. The minimum absolute atomic E-state index is 0.177. The van der Waals surface area contributed by atoms with Gasteiger partial charge in [0.25, 0.3) is 0 Å². The average Bonchev–Trinajstić information content (AvgIpc) is 3.05. The lowest BCUT2D eigenvalue weighted by molar-refractivity contribution is -0.117. The Hall–Kier alpha value is -3.35. The van der Waals surface area contributed by atoms with Crippen LogP contribution in [0.3, 0.4) is 0 Å². The van der Waals surface area contributed by atoms with E-state index < -0.39 is 0 Å². The zero-order valence-electron chi connectivity index (χ0n) is 19.3. The molecule has 0 spiro atoms. The zero-order chi connectivity index (χ0) is 23.1. The van der Waals surface area contributed by atoms with Gasteiger partial charge in [-0.15, -0.1) is 0 Å².